The predicted octanol–water partition coefficient (Wildman–Crippen LogP) is -0.121. The van der Waals surface area contributed by atoms with Gasteiger partial charge in [0.15, 0.2) is 9.84 Å². The lowest BCUT2D eigenvalue weighted by Crippen LogP contribution is -2.46. The Bertz CT molecular complexity index is 409. The number of hydrogen-bond acceptors (Lipinski definition) is 5. The van der Waals surface area contributed by atoms with Crippen molar-refractivity contribution < 1.29 is 23.1 Å². The molecule has 1 unspecified atom stereocenters. The molecule has 5 nitrogen and oxygen atoms in total. The van der Waals surface area contributed by atoms with Crippen LogP contribution in [0.25, 0.3) is 0 Å². The summed E-state index contributed by atoms with van der Waals surface area (Å²) in [6.45, 7) is 1.95. The monoisotopic (exact) mass is 248 g/mol. The minimum atomic E-state index is -3.20. The second-order valence-electron chi connectivity index (χ2n) is 4.68. The largest absolute Gasteiger partial charge is 0.465 e. The van der Waals surface area contributed by atoms with Crippen LogP contribution >= 0.6 is 0 Å². The van der Waals surface area contributed by atoms with Crippen LogP contribution in [0.5, 0.6) is 0 Å². The number of rotatable bonds is 3. The molecular formula is C10H16O5S. The van der Waals surface area contributed by atoms with E-state index in [0.717, 1.165) is 0 Å². The molecule has 6 heteroatoms. The van der Waals surface area contributed by atoms with E-state index in [1.807, 2.05) is 0 Å². The molecule has 0 aromatic heterocycles. The van der Waals surface area contributed by atoms with Crippen LogP contribution < -0.4 is 0 Å². The number of esters is 1. The van der Waals surface area contributed by atoms with Crippen molar-refractivity contribution in [2.75, 3.05) is 18.1 Å². The summed E-state index contributed by atoms with van der Waals surface area (Å²) in [5, 5.41) is 10.3. The average molecular weight is 248 g/mol. The van der Waals surface area contributed by atoms with E-state index in [2.05, 4.69) is 0 Å². The Morgan fingerprint density at radius 3 is 2.38 bits per heavy atom. The van der Waals surface area contributed by atoms with E-state index in [0.29, 0.717) is 12.8 Å². The molecule has 0 bridgehead atoms. The average Bonchev–Trinajstić information content (AvgIpc) is 2.91. The second kappa shape index (κ2) is 3.43. The SMILES string of the molecule is CCOC(=O)C1(C2(O)CCS(=O)(=O)C2)CC1. The van der Waals surface area contributed by atoms with E-state index in [1.165, 1.54) is 0 Å². The van der Waals surface area contributed by atoms with Crippen molar-refractivity contribution in [2.24, 2.45) is 5.41 Å². The molecule has 2 aliphatic rings. The zero-order valence-electron chi connectivity index (χ0n) is 9.23. The van der Waals surface area contributed by atoms with Gasteiger partial charge in [-0.3, -0.25) is 4.79 Å². The molecule has 92 valence electrons. The highest BCUT2D eigenvalue weighted by Gasteiger charge is 2.67. The summed E-state index contributed by atoms with van der Waals surface area (Å²) in [4.78, 5) is 11.8. The van der Waals surface area contributed by atoms with Gasteiger partial charge >= 0.3 is 5.97 Å². The van der Waals surface area contributed by atoms with Gasteiger partial charge in [-0.1, -0.05) is 0 Å². The number of aliphatic hydroxyl groups is 1. The lowest BCUT2D eigenvalue weighted by atomic mass is 9.83. The second-order valence-corrected chi connectivity index (χ2v) is 6.86. The first-order valence-corrected chi connectivity index (χ1v) is 7.27. The van der Waals surface area contributed by atoms with Crippen LogP contribution in [-0.2, 0) is 19.4 Å². The van der Waals surface area contributed by atoms with E-state index < -0.39 is 26.8 Å². The number of carbonyl (C=O) groups excluding carboxylic acids is 1. The molecule has 0 aromatic rings. The van der Waals surface area contributed by atoms with Crippen molar-refractivity contribution in [1.29, 1.82) is 0 Å². The molecule has 1 aliphatic carbocycles. The summed E-state index contributed by atoms with van der Waals surface area (Å²) < 4.78 is 27.7. The lowest BCUT2D eigenvalue weighted by Gasteiger charge is -2.29. The Balaban J connectivity index is 2.22. The van der Waals surface area contributed by atoms with Crippen molar-refractivity contribution in [1.82, 2.24) is 0 Å². The molecule has 16 heavy (non-hydrogen) atoms. The predicted molar refractivity (Wildman–Crippen MR) is 56.5 cm³/mol. The van der Waals surface area contributed by atoms with E-state index in [9.17, 15) is 18.3 Å². The van der Waals surface area contributed by atoms with Gasteiger partial charge in [0.05, 0.1) is 29.1 Å². The Morgan fingerprint density at radius 2 is 2.00 bits per heavy atom. The molecule has 0 aromatic carbocycles. The van der Waals surface area contributed by atoms with E-state index in [1.54, 1.807) is 6.92 Å². The lowest BCUT2D eigenvalue weighted by molar-refractivity contribution is -0.160. The molecule has 1 saturated heterocycles. The van der Waals surface area contributed by atoms with Gasteiger partial charge in [0.2, 0.25) is 0 Å². The molecule has 2 fully saturated rings. The molecule has 0 spiro atoms. The summed E-state index contributed by atoms with van der Waals surface area (Å²) in [7, 11) is -3.20. The summed E-state index contributed by atoms with van der Waals surface area (Å²) in [5.74, 6) is -0.793. The highest BCUT2D eigenvalue weighted by atomic mass is 32.2. The van der Waals surface area contributed by atoms with Crippen LogP contribution in [0.4, 0.5) is 0 Å². The van der Waals surface area contributed by atoms with Crippen molar-refractivity contribution in [3.05, 3.63) is 0 Å². The van der Waals surface area contributed by atoms with Crippen LogP contribution in [0.15, 0.2) is 0 Å². The van der Waals surface area contributed by atoms with E-state index in [4.69, 9.17) is 4.74 Å². The van der Waals surface area contributed by atoms with Crippen molar-refractivity contribution >= 4 is 15.8 Å². The first-order valence-electron chi connectivity index (χ1n) is 5.45. The maximum absolute atomic E-state index is 11.8. The quantitative estimate of drug-likeness (QED) is 0.704. The van der Waals surface area contributed by atoms with Crippen molar-refractivity contribution in [2.45, 2.75) is 31.8 Å². The van der Waals surface area contributed by atoms with Gasteiger partial charge < -0.3 is 9.84 Å². The fourth-order valence-corrected chi connectivity index (χ4v) is 4.40. The summed E-state index contributed by atoms with van der Waals surface area (Å²) >= 11 is 0. The van der Waals surface area contributed by atoms with Gasteiger partial charge in [0, 0.05) is 0 Å². The maximum atomic E-state index is 11.8. The highest BCUT2D eigenvalue weighted by molar-refractivity contribution is 7.91. The van der Waals surface area contributed by atoms with Gasteiger partial charge in [-0.25, -0.2) is 8.42 Å². The van der Waals surface area contributed by atoms with E-state index >= 15 is 0 Å². The number of carbonyl (C=O) groups is 1. The van der Waals surface area contributed by atoms with Crippen LogP contribution in [0.1, 0.15) is 26.2 Å². The summed E-state index contributed by atoms with van der Waals surface area (Å²) in [6, 6.07) is 0. The van der Waals surface area contributed by atoms with Gasteiger partial charge in [-0.2, -0.15) is 0 Å². The topological polar surface area (TPSA) is 80.7 Å². The molecule has 1 heterocycles. The zero-order valence-corrected chi connectivity index (χ0v) is 10.0. The molecule has 1 saturated carbocycles. The molecule has 1 atom stereocenters. The van der Waals surface area contributed by atoms with Gasteiger partial charge in [0.25, 0.3) is 0 Å². The maximum Gasteiger partial charge on any atom is 0.315 e. The highest BCUT2D eigenvalue weighted by Crippen LogP contribution is 2.58. The van der Waals surface area contributed by atoms with Crippen molar-refractivity contribution in [3.8, 4) is 0 Å². The number of ether oxygens (including phenoxy) is 1. The fourth-order valence-electron chi connectivity index (χ4n) is 2.46. The Morgan fingerprint density at radius 1 is 1.38 bits per heavy atom. The molecular weight excluding hydrogens is 232 g/mol. The minimum absolute atomic E-state index is 0.0370. The Labute approximate surface area is 94.7 Å². The zero-order chi connectivity index (χ0) is 12.0. The molecule has 0 radical (unpaired) electrons. The van der Waals surface area contributed by atoms with Gasteiger partial charge in [-0.15, -0.1) is 0 Å². The number of hydrogen-bond donors (Lipinski definition) is 1. The molecule has 1 aliphatic heterocycles. The van der Waals surface area contributed by atoms with Gasteiger partial charge in [-0.05, 0) is 26.2 Å². The van der Waals surface area contributed by atoms with Crippen LogP contribution in [0.2, 0.25) is 0 Å². The normalized spacial score (nSPS) is 34.6. The molecule has 2 rings (SSSR count). The Hall–Kier alpha value is -0.620. The summed E-state index contributed by atoms with van der Waals surface area (Å²) in [6.07, 6.45) is 1.20. The molecule has 1 N–H and O–H groups in total. The third-order valence-corrected chi connectivity index (χ3v) is 5.34. The standard InChI is InChI=1S/C10H16O5S/c1-2-15-8(11)9(3-4-9)10(12)5-6-16(13,14)7-10/h12H,2-7H2,1H3. The third kappa shape index (κ3) is 1.64. The number of sulfone groups is 1. The van der Waals surface area contributed by atoms with Crippen molar-refractivity contribution in [3.63, 3.8) is 0 Å². The van der Waals surface area contributed by atoms with Crippen LogP contribution in [0, 0.1) is 5.41 Å². The van der Waals surface area contributed by atoms with Gasteiger partial charge in [0.1, 0.15) is 0 Å². The summed E-state index contributed by atoms with van der Waals surface area (Å²) in [5.41, 5.74) is -2.36. The minimum Gasteiger partial charge on any atom is -0.465 e. The smallest absolute Gasteiger partial charge is 0.315 e. The Kier molecular flexibility index (Phi) is 2.54. The van der Waals surface area contributed by atoms with Crippen LogP contribution in [-0.4, -0.2) is 43.2 Å². The molecule has 0 amide bonds. The first-order chi connectivity index (χ1) is 7.35. The first kappa shape index (κ1) is 11.9. The fraction of sp³-hybridized carbons (Fsp3) is 0.900. The third-order valence-electron chi connectivity index (χ3n) is 3.59. The van der Waals surface area contributed by atoms with E-state index in [-0.39, 0.29) is 24.5 Å². The van der Waals surface area contributed by atoms with Crippen LogP contribution in [0.3, 0.4) is 0 Å².